The molecule has 0 saturated carbocycles. The van der Waals surface area contributed by atoms with E-state index in [2.05, 4.69) is 140 Å². The van der Waals surface area contributed by atoms with Gasteiger partial charge in [0.1, 0.15) is 0 Å². The molecule has 5 rings (SSSR count). The van der Waals surface area contributed by atoms with Gasteiger partial charge in [-0.15, -0.1) is 0 Å². The molecule has 4 aromatic rings. The van der Waals surface area contributed by atoms with Gasteiger partial charge in [-0.05, 0) is 0 Å². The number of hydrogen-bond acceptors (Lipinski definition) is 1. The van der Waals surface area contributed by atoms with Crippen LogP contribution in [0.4, 0.5) is 0 Å². The fourth-order valence-corrected chi connectivity index (χ4v) is 23.3. The zero-order valence-corrected chi connectivity index (χ0v) is 20.3. The van der Waals surface area contributed by atoms with Crippen LogP contribution in [0.2, 0.25) is 0 Å². The van der Waals surface area contributed by atoms with Crippen LogP contribution in [0.5, 0.6) is 0 Å². The number of rotatable bonds is 5. The van der Waals surface area contributed by atoms with E-state index in [0.29, 0.717) is 6.04 Å². The van der Waals surface area contributed by atoms with Crippen LogP contribution in [-0.2, 0) is 0 Å². The Hall–Kier alpha value is -2.30. The van der Waals surface area contributed by atoms with Crippen LogP contribution in [0.1, 0.15) is 13.8 Å². The van der Waals surface area contributed by atoms with Gasteiger partial charge in [-0.2, -0.15) is 0 Å². The molecule has 31 heavy (non-hydrogen) atoms. The fraction of sp³-hybridized carbons (Fsp3) is 0.143. The molecule has 4 aromatic carbocycles. The summed E-state index contributed by atoms with van der Waals surface area (Å²) in [4.78, 5) is 0. The fourth-order valence-electron chi connectivity index (χ4n) is 5.81. The van der Waals surface area contributed by atoms with Crippen molar-refractivity contribution in [1.82, 2.24) is 4.44 Å². The zero-order valence-electron chi connectivity index (χ0n) is 18.3. The van der Waals surface area contributed by atoms with Crippen molar-refractivity contribution in [3.05, 3.63) is 121 Å². The number of hydrogen-bond donors (Lipinski definition) is 0. The van der Waals surface area contributed by atoms with Crippen molar-refractivity contribution < 1.29 is 0 Å². The SMILES string of the molecule is CC(C)N1[PH](c2ccccc2)(c2ccccc2)C[PH]1(c1ccccc1)c1ccccc1. The summed E-state index contributed by atoms with van der Waals surface area (Å²) in [5.74, 6) is 1.28. The summed E-state index contributed by atoms with van der Waals surface area (Å²) in [6.45, 7) is 4.81. The van der Waals surface area contributed by atoms with E-state index in [1.165, 1.54) is 27.1 Å². The van der Waals surface area contributed by atoms with Gasteiger partial charge in [0.2, 0.25) is 0 Å². The van der Waals surface area contributed by atoms with Crippen molar-refractivity contribution in [3.8, 4) is 0 Å². The average Bonchev–Trinajstić information content (AvgIpc) is 2.81. The molecule has 1 saturated heterocycles. The van der Waals surface area contributed by atoms with Crippen LogP contribution in [0.25, 0.3) is 0 Å². The summed E-state index contributed by atoms with van der Waals surface area (Å²) in [5, 5.41) is 6.13. The Morgan fingerprint density at radius 1 is 0.484 bits per heavy atom. The standard InChI is InChI=1S/C28H31NP2/c1-24(2)29-30(25-15-7-3-8-16-25,26-17-9-4-10-18-26)23-31(29,27-19-11-5-12-20-27)28-21-13-6-14-22-28/h3-22,24,30-31H,23H2,1-2H3. The Morgan fingerprint density at radius 3 is 0.968 bits per heavy atom. The molecule has 0 N–H and O–H groups in total. The van der Waals surface area contributed by atoms with Gasteiger partial charge in [0.05, 0.1) is 0 Å². The zero-order chi connectivity index (χ0) is 21.3. The van der Waals surface area contributed by atoms with E-state index >= 15 is 0 Å². The van der Waals surface area contributed by atoms with Crippen molar-refractivity contribution in [3.63, 3.8) is 0 Å². The predicted molar refractivity (Wildman–Crippen MR) is 143 cm³/mol. The van der Waals surface area contributed by atoms with Crippen molar-refractivity contribution in [2.45, 2.75) is 19.9 Å². The molecule has 1 aliphatic rings. The monoisotopic (exact) mass is 443 g/mol. The van der Waals surface area contributed by atoms with Gasteiger partial charge in [-0.25, -0.2) is 0 Å². The van der Waals surface area contributed by atoms with E-state index in [4.69, 9.17) is 0 Å². The Labute approximate surface area is 187 Å². The van der Waals surface area contributed by atoms with Crippen LogP contribution in [0.15, 0.2) is 121 Å². The van der Waals surface area contributed by atoms with E-state index in [9.17, 15) is 0 Å². The van der Waals surface area contributed by atoms with Crippen LogP contribution >= 0.6 is 14.8 Å². The van der Waals surface area contributed by atoms with Crippen molar-refractivity contribution >= 4 is 36.0 Å². The minimum absolute atomic E-state index is 0.466. The first kappa shape index (κ1) is 20.6. The van der Waals surface area contributed by atoms with Crippen LogP contribution in [0.3, 0.4) is 0 Å². The number of benzene rings is 4. The third kappa shape index (κ3) is 3.19. The Bertz CT molecular complexity index is 961. The van der Waals surface area contributed by atoms with E-state index < -0.39 is 14.8 Å². The number of nitrogens with zero attached hydrogens (tertiary/aromatic N) is 1. The molecular formula is C28H31NP2. The van der Waals surface area contributed by atoms with Gasteiger partial charge in [-0.3, -0.25) is 0 Å². The molecule has 0 bridgehead atoms. The van der Waals surface area contributed by atoms with Gasteiger partial charge < -0.3 is 0 Å². The van der Waals surface area contributed by atoms with Crippen molar-refractivity contribution in [1.29, 1.82) is 0 Å². The Kier molecular flexibility index (Phi) is 5.53. The Balaban J connectivity index is 1.80. The molecule has 0 amide bonds. The summed E-state index contributed by atoms with van der Waals surface area (Å²) < 4.78 is 3.02. The Morgan fingerprint density at radius 2 is 0.742 bits per heavy atom. The second-order valence-electron chi connectivity index (χ2n) is 8.83. The van der Waals surface area contributed by atoms with Crippen LogP contribution in [0, 0.1) is 0 Å². The van der Waals surface area contributed by atoms with Gasteiger partial charge in [0, 0.05) is 0 Å². The molecule has 158 valence electrons. The van der Waals surface area contributed by atoms with Crippen LogP contribution in [-0.4, -0.2) is 16.4 Å². The average molecular weight is 444 g/mol. The predicted octanol–water partition coefficient (Wildman–Crippen LogP) is 5.30. The van der Waals surface area contributed by atoms with Gasteiger partial charge >= 0.3 is 188 Å². The van der Waals surface area contributed by atoms with Gasteiger partial charge in [-0.1, -0.05) is 0 Å². The topological polar surface area (TPSA) is 3.24 Å². The molecule has 1 heterocycles. The second kappa shape index (κ2) is 8.33. The first-order chi connectivity index (χ1) is 15.2. The second-order valence-corrected chi connectivity index (χ2v) is 17.4. The molecule has 0 unspecified atom stereocenters. The van der Waals surface area contributed by atoms with Crippen molar-refractivity contribution in [2.75, 3.05) is 5.90 Å². The summed E-state index contributed by atoms with van der Waals surface area (Å²) in [5.41, 5.74) is 0. The summed E-state index contributed by atoms with van der Waals surface area (Å²) in [6.07, 6.45) is 0. The summed E-state index contributed by atoms with van der Waals surface area (Å²) >= 11 is 0. The molecule has 1 fully saturated rings. The summed E-state index contributed by atoms with van der Waals surface area (Å²) in [7, 11) is -4.19. The maximum atomic E-state index is 3.02. The molecule has 0 aromatic heterocycles. The molecule has 0 radical (unpaired) electrons. The van der Waals surface area contributed by atoms with E-state index in [0.717, 1.165) is 0 Å². The van der Waals surface area contributed by atoms with Crippen molar-refractivity contribution in [2.24, 2.45) is 0 Å². The third-order valence-corrected chi connectivity index (χ3v) is 21.1. The first-order valence-electron chi connectivity index (χ1n) is 11.2. The normalized spacial score (nSPS) is 19.3. The minimum atomic E-state index is -2.09. The molecule has 0 spiro atoms. The summed E-state index contributed by atoms with van der Waals surface area (Å²) in [6, 6.07) is 45.8. The first-order valence-corrected chi connectivity index (χ1v) is 15.5. The molecule has 3 heteroatoms. The van der Waals surface area contributed by atoms with Crippen LogP contribution < -0.4 is 21.2 Å². The van der Waals surface area contributed by atoms with Gasteiger partial charge in [0.15, 0.2) is 0 Å². The maximum absolute atomic E-state index is 3.02. The molecule has 0 atom stereocenters. The quantitative estimate of drug-likeness (QED) is 0.379. The third-order valence-electron chi connectivity index (χ3n) is 6.86. The van der Waals surface area contributed by atoms with E-state index in [1.54, 1.807) is 0 Å². The van der Waals surface area contributed by atoms with Gasteiger partial charge in [0.25, 0.3) is 0 Å². The molecule has 1 aliphatic heterocycles. The molecule has 1 nitrogen and oxygen atoms in total. The molecular weight excluding hydrogens is 412 g/mol. The van der Waals surface area contributed by atoms with E-state index in [1.807, 2.05) is 0 Å². The van der Waals surface area contributed by atoms with E-state index in [-0.39, 0.29) is 0 Å². The molecule has 0 aliphatic carbocycles.